The Labute approximate surface area is 217 Å². The quantitative estimate of drug-likeness (QED) is 0.310. The summed E-state index contributed by atoms with van der Waals surface area (Å²) in [6.45, 7) is 0. The van der Waals surface area contributed by atoms with Gasteiger partial charge in [-0.05, 0) is 49.3 Å². The van der Waals surface area contributed by atoms with Gasteiger partial charge in [0.2, 0.25) is 5.16 Å². The first-order valence-electron chi connectivity index (χ1n) is 11.9. The molecule has 2 aliphatic rings. The van der Waals surface area contributed by atoms with Crippen LogP contribution in [0, 0.1) is 5.92 Å². The molecule has 0 bridgehead atoms. The molecule has 1 saturated carbocycles. The van der Waals surface area contributed by atoms with Crippen LogP contribution in [-0.2, 0) is 20.7 Å². The minimum Gasteiger partial charge on any atom is -0.496 e. The van der Waals surface area contributed by atoms with Crippen LogP contribution in [0.1, 0.15) is 44.1 Å². The zero-order chi connectivity index (χ0) is 25.3. The van der Waals surface area contributed by atoms with Crippen LogP contribution in [0.15, 0.2) is 35.7 Å². The molecule has 3 aromatic rings. The highest BCUT2D eigenvalue weighted by atomic mass is 35.5. The number of carbonyl (C=O) groups excluding carboxylic acids is 2. The summed E-state index contributed by atoms with van der Waals surface area (Å²) < 4.78 is 18.6. The molecule has 1 aliphatic heterocycles. The van der Waals surface area contributed by atoms with E-state index >= 15 is 0 Å². The Morgan fingerprint density at radius 2 is 1.97 bits per heavy atom. The van der Waals surface area contributed by atoms with Crippen LogP contribution in [-0.4, -0.2) is 56.4 Å². The first-order valence-corrected chi connectivity index (χ1v) is 13.2. The summed E-state index contributed by atoms with van der Waals surface area (Å²) in [5, 5.41) is 4.11. The van der Waals surface area contributed by atoms with Crippen LogP contribution < -0.4 is 9.47 Å². The number of nitrogens with zero attached hydrogens (tertiary/aromatic N) is 4. The highest BCUT2D eigenvalue weighted by Crippen LogP contribution is 2.46. The molecule has 1 aromatic carbocycles. The maximum Gasteiger partial charge on any atom is 0.327 e. The number of aryl methyl sites for hydroxylation is 1. The van der Waals surface area contributed by atoms with Gasteiger partial charge in [-0.3, -0.25) is 9.59 Å². The molecule has 5 rings (SSSR count). The van der Waals surface area contributed by atoms with Gasteiger partial charge < -0.3 is 14.2 Å². The molecule has 0 amide bonds. The number of ether oxygens (including phenoxy) is 3. The minimum absolute atomic E-state index is 0.133. The van der Waals surface area contributed by atoms with Crippen molar-refractivity contribution in [2.24, 2.45) is 5.92 Å². The summed E-state index contributed by atoms with van der Waals surface area (Å²) in [5.74, 6) is 1.02. The molecule has 2 aromatic heterocycles. The Hall–Kier alpha value is -2.85. The lowest BCUT2D eigenvalue weighted by molar-refractivity contribution is -0.177. The molecular weight excluding hydrogens is 504 g/mol. The number of esters is 1. The van der Waals surface area contributed by atoms with Crippen molar-refractivity contribution in [1.82, 2.24) is 19.6 Å². The van der Waals surface area contributed by atoms with Crippen molar-refractivity contribution in [1.29, 1.82) is 0 Å². The van der Waals surface area contributed by atoms with E-state index in [9.17, 15) is 9.59 Å². The second-order valence-corrected chi connectivity index (χ2v) is 10.6. The molecule has 1 saturated heterocycles. The van der Waals surface area contributed by atoms with E-state index < -0.39 is 16.8 Å². The van der Waals surface area contributed by atoms with Gasteiger partial charge in [0, 0.05) is 24.9 Å². The van der Waals surface area contributed by atoms with Crippen LogP contribution in [0.5, 0.6) is 11.5 Å². The average molecular weight is 531 g/mol. The van der Waals surface area contributed by atoms with Gasteiger partial charge in [-0.2, -0.15) is 4.98 Å². The number of cyclic esters (lactones) is 1. The Balaban J connectivity index is 1.37. The second kappa shape index (κ2) is 10.3. The third kappa shape index (κ3) is 4.76. The van der Waals surface area contributed by atoms with Crippen molar-refractivity contribution < 1.29 is 23.8 Å². The number of benzene rings is 1. The molecule has 2 unspecified atom stereocenters. The van der Waals surface area contributed by atoms with Gasteiger partial charge in [-0.25, -0.2) is 9.50 Å². The highest BCUT2D eigenvalue weighted by molar-refractivity contribution is 8.01. The van der Waals surface area contributed by atoms with Gasteiger partial charge in [-0.15, -0.1) is 5.10 Å². The zero-order valence-corrected chi connectivity index (χ0v) is 21.7. The van der Waals surface area contributed by atoms with Gasteiger partial charge in [0.1, 0.15) is 17.1 Å². The maximum absolute atomic E-state index is 13.4. The molecule has 0 N–H and O–H groups in total. The van der Waals surface area contributed by atoms with Gasteiger partial charge >= 0.3 is 5.97 Å². The monoisotopic (exact) mass is 530 g/mol. The van der Waals surface area contributed by atoms with Gasteiger partial charge in [-0.1, -0.05) is 36.2 Å². The first kappa shape index (κ1) is 24.8. The lowest BCUT2D eigenvalue weighted by Crippen LogP contribution is -2.53. The van der Waals surface area contributed by atoms with Crippen molar-refractivity contribution in [3.05, 3.63) is 41.2 Å². The Kier molecular flexibility index (Phi) is 7.07. The molecule has 11 heteroatoms. The van der Waals surface area contributed by atoms with Crippen molar-refractivity contribution in [3.63, 3.8) is 0 Å². The van der Waals surface area contributed by atoms with Gasteiger partial charge in [0.25, 0.3) is 5.78 Å². The van der Waals surface area contributed by atoms with Crippen molar-refractivity contribution in [2.75, 3.05) is 14.2 Å². The molecule has 36 heavy (non-hydrogen) atoms. The number of carbonyl (C=O) groups is 2. The van der Waals surface area contributed by atoms with E-state index in [1.165, 1.54) is 4.52 Å². The average Bonchev–Trinajstić information content (AvgIpc) is 3.55. The number of methoxy groups -OCH3 is 2. The summed E-state index contributed by atoms with van der Waals surface area (Å²) in [6.07, 6.45) is 8.52. The van der Waals surface area contributed by atoms with Crippen molar-refractivity contribution in [3.8, 4) is 11.5 Å². The van der Waals surface area contributed by atoms with E-state index in [0.717, 1.165) is 43.0 Å². The zero-order valence-electron chi connectivity index (χ0n) is 20.1. The van der Waals surface area contributed by atoms with Crippen LogP contribution in [0.2, 0.25) is 5.02 Å². The number of hydrogen-bond donors (Lipinski definition) is 0. The number of thioether (sulfide) groups is 1. The minimum atomic E-state index is -0.998. The fraction of sp³-hybridized carbons (Fsp3) is 0.480. The van der Waals surface area contributed by atoms with Crippen molar-refractivity contribution >= 4 is 40.9 Å². The van der Waals surface area contributed by atoms with Crippen molar-refractivity contribution in [2.45, 2.75) is 61.0 Å². The topological polar surface area (TPSA) is 105 Å². The standard InChI is InChI=1S/C25H27ClN4O5S/c1-33-19-13-20(34-2)17(26)12-15(19)8-9-25(16-6-3-4-7-16)14-18(31)21(22(32)35-25)36-24-28-23-27-10-5-11-30(23)29-24/h5,10-13,16,21H,3-4,6-9,14H2,1-2H3. The number of Topliss-reactive ketones (excluding diaryl/α,β-unsaturated/α-hetero) is 1. The summed E-state index contributed by atoms with van der Waals surface area (Å²) in [7, 11) is 3.14. The molecule has 1 aliphatic carbocycles. The van der Waals surface area contributed by atoms with E-state index in [1.54, 1.807) is 38.7 Å². The predicted molar refractivity (Wildman–Crippen MR) is 134 cm³/mol. The van der Waals surface area contributed by atoms with Gasteiger partial charge in [0.05, 0.1) is 19.2 Å². The third-order valence-electron chi connectivity index (χ3n) is 7.08. The predicted octanol–water partition coefficient (Wildman–Crippen LogP) is 4.33. The van der Waals surface area contributed by atoms with Gasteiger partial charge in [0.15, 0.2) is 11.0 Å². The van der Waals surface area contributed by atoms with E-state index in [0.29, 0.717) is 40.3 Å². The lowest BCUT2D eigenvalue weighted by Gasteiger charge is -2.42. The molecule has 3 heterocycles. The Morgan fingerprint density at radius 1 is 1.19 bits per heavy atom. The molecule has 2 atom stereocenters. The molecule has 9 nitrogen and oxygen atoms in total. The second-order valence-electron chi connectivity index (χ2n) is 9.17. The number of ketones is 1. The van der Waals surface area contributed by atoms with Crippen LogP contribution in [0.25, 0.3) is 5.78 Å². The summed E-state index contributed by atoms with van der Waals surface area (Å²) in [6, 6.07) is 5.30. The number of rotatable bonds is 8. The summed E-state index contributed by atoms with van der Waals surface area (Å²) >= 11 is 7.39. The lowest BCUT2D eigenvalue weighted by atomic mass is 9.76. The SMILES string of the molecule is COc1cc(OC)c(CCC2(C3CCCC3)CC(=O)C(Sc3nc4ncccn4n3)C(=O)O2)cc1Cl. The molecular formula is C25H27ClN4O5S. The third-order valence-corrected chi connectivity index (χ3v) is 8.45. The molecule has 190 valence electrons. The van der Waals surface area contributed by atoms with E-state index in [2.05, 4.69) is 15.1 Å². The number of fused-ring (bicyclic) bond motifs is 1. The van der Waals surface area contributed by atoms with Crippen LogP contribution in [0.3, 0.4) is 0 Å². The molecule has 2 fully saturated rings. The van der Waals surface area contributed by atoms with E-state index in [-0.39, 0.29) is 18.1 Å². The number of halogens is 1. The smallest absolute Gasteiger partial charge is 0.327 e. The van der Waals surface area contributed by atoms with E-state index in [1.807, 2.05) is 6.07 Å². The van der Waals surface area contributed by atoms with Crippen LogP contribution in [0.4, 0.5) is 0 Å². The summed E-state index contributed by atoms with van der Waals surface area (Å²) in [4.78, 5) is 35.1. The molecule has 0 spiro atoms. The maximum atomic E-state index is 13.4. The number of hydrogen-bond acceptors (Lipinski definition) is 9. The number of aromatic nitrogens is 4. The van der Waals surface area contributed by atoms with E-state index in [4.69, 9.17) is 25.8 Å². The normalized spacial score (nSPS) is 22.7. The fourth-order valence-electron chi connectivity index (χ4n) is 5.28. The highest BCUT2D eigenvalue weighted by Gasteiger charge is 2.52. The largest absolute Gasteiger partial charge is 0.496 e. The fourth-order valence-corrected chi connectivity index (χ4v) is 6.38. The molecule has 0 radical (unpaired) electrons. The van der Waals surface area contributed by atoms with Crippen LogP contribution >= 0.6 is 23.4 Å². The Morgan fingerprint density at radius 3 is 2.67 bits per heavy atom. The Bertz CT molecular complexity index is 1240. The summed E-state index contributed by atoms with van der Waals surface area (Å²) in [5.41, 5.74) is 0.0228. The first-order chi connectivity index (χ1) is 17.4.